The van der Waals surface area contributed by atoms with Crippen LogP contribution in [0.1, 0.15) is 11.4 Å². The molecule has 0 amide bonds. The van der Waals surface area contributed by atoms with E-state index in [1.165, 1.54) is 21.5 Å². The van der Waals surface area contributed by atoms with Gasteiger partial charge in [0.15, 0.2) is 0 Å². The molecule has 0 saturated heterocycles. The van der Waals surface area contributed by atoms with Crippen molar-refractivity contribution < 1.29 is 52.3 Å². The van der Waals surface area contributed by atoms with Gasteiger partial charge in [0.1, 0.15) is 11.6 Å². The first-order valence-corrected chi connectivity index (χ1v) is 24.1. The van der Waals surface area contributed by atoms with E-state index in [0.29, 0.717) is 0 Å². The minimum Gasteiger partial charge on any atom is -0.502 e. The maximum absolute atomic E-state index is 9.81. The zero-order valence-corrected chi connectivity index (χ0v) is 46.3. The molecule has 2 aliphatic heterocycles. The van der Waals surface area contributed by atoms with Crippen LogP contribution in [0, 0.1) is 39.3 Å². The summed E-state index contributed by atoms with van der Waals surface area (Å²) < 4.78 is 4.33. The van der Waals surface area contributed by atoms with Crippen LogP contribution >= 0.6 is 0 Å². The number of hydrogen-bond acceptors (Lipinski definition) is 10. The Balaban J connectivity index is 0.000000124. The standard InChI is InChI=1S/2C18H14N2O.2C13H11N3.2Pt/c2*1-12-10-13(11-18(21)19-12)20-16-8-4-2-6-14(16)15-7-3-5-9-17(15)20;2*1-15-10-16(11-6-3-2-4-7-11)13-12(15)8-5-9-14-13;;/h2*2-11H,1H3,(H,19,21);2*2-6,8-10H,1H3;;/q;;2*-2;2*+2. The van der Waals surface area contributed by atoms with E-state index in [1.807, 2.05) is 185 Å². The van der Waals surface area contributed by atoms with Crippen LogP contribution in [0.5, 0.6) is 11.8 Å². The van der Waals surface area contributed by atoms with E-state index in [0.717, 1.165) is 79.2 Å². The molecule has 12 nitrogen and oxygen atoms in total. The fourth-order valence-corrected chi connectivity index (χ4v) is 9.62. The topological polar surface area (TPSA) is 115 Å². The van der Waals surface area contributed by atoms with Crippen LogP contribution in [0.15, 0.2) is 207 Å². The molecule has 0 spiro atoms. The summed E-state index contributed by atoms with van der Waals surface area (Å²) in [6.45, 7) is 7.81. The van der Waals surface area contributed by atoms with Crippen molar-refractivity contribution >= 4 is 78.0 Å². The molecule has 0 atom stereocenters. The molecule has 14 heteroatoms. The molecule has 0 fully saturated rings. The predicted molar refractivity (Wildman–Crippen MR) is 299 cm³/mol. The van der Waals surface area contributed by atoms with Gasteiger partial charge in [-0.2, -0.15) is 74.0 Å². The first kappa shape index (κ1) is 52.6. The van der Waals surface area contributed by atoms with Gasteiger partial charge in [0.05, 0.1) is 33.4 Å². The van der Waals surface area contributed by atoms with Gasteiger partial charge in [-0.15, -0.1) is 11.4 Å². The number of aromatic nitrogens is 6. The Kier molecular flexibility index (Phi) is 16.0. The van der Waals surface area contributed by atoms with Gasteiger partial charge in [-0.3, -0.25) is 0 Å². The normalized spacial score (nSPS) is 12.2. The van der Waals surface area contributed by atoms with Gasteiger partial charge in [0.25, 0.3) is 0 Å². The number of hydrogen-bond donors (Lipinski definition) is 2. The van der Waals surface area contributed by atoms with Crippen molar-refractivity contribution in [3.05, 3.63) is 243 Å². The van der Waals surface area contributed by atoms with Crippen molar-refractivity contribution in [2.45, 2.75) is 13.8 Å². The minimum atomic E-state index is 0. The maximum Gasteiger partial charge on any atom is 2.00 e. The summed E-state index contributed by atoms with van der Waals surface area (Å²) in [5.74, 6) is 2.00. The average Bonchev–Trinajstić information content (AvgIpc) is 4.18. The molecule has 0 radical (unpaired) electrons. The number of rotatable bonds is 4. The van der Waals surface area contributed by atoms with E-state index in [1.54, 1.807) is 12.1 Å². The molecule has 0 bridgehead atoms. The molecule has 12 aromatic rings. The molecule has 8 heterocycles. The fourth-order valence-electron chi connectivity index (χ4n) is 9.62. The number of benzene rings is 6. The maximum atomic E-state index is 9.81. The van der Waals surface area contributed by atoms with Gasteiger partial charge < -0.3 is 38.9 Å². The summed E-state index contributed by atoms with van der Waals surface area (Å²) in [5.41, 5.74) is 12.2. The first-order chi connectivity index (χ1) is 36.2. The van der Waals surface area contributed by atoms with Gasteiger partial charge in [-0.05, 0) is 88.6 Å². The van der Waals surface area contributed by atoms with Crippen molar-refractivity contribution in [3.8, 4) is 23.1 Å². The monoisotopic (exact) mass is 1360 g/mol. The zero-order valence-electron chi connectivity index (χ0n) is 41.8. The summed E-state index contributed by atoms with van der Waals surface area (Å²) in [5, 5.41) is 24.5. The summed E-state index contributed by atoms with van der Waals surface area (Å²) in [6.07, 6.45) is 3.61. The van der Waals surface area contributed by atoms with Crippen LogP contribution in [0.2, 0.25) is 0 Å². The van der Waals surface area contributed by atoms with E-state index >= 15 is 0 Å². The Labute approximate surface area is 470 Å². The summed E-state index contributed by atoms with van der Waals surface area (Å²) in [7, 11) is 4.03. The van der Waals surface area contributed by atoms with E-state index in [4.69, 9.17) is 0 Å². The van der Waals surface area contributed by atoms with Gasteiger partial charge in [0, 0.05) is 68.8 Å². The molecule has 0 saturated carbocycles. The predicted octanol–water partition coefficient (Wildman–Crippen LogP) is 13.6. The number of fused-ring (bicyclic) bond motifs is 8. The number of para-hydroxylation sites is 6. The Morgan fingerprint density at radius 1 is 0.421 bits per heavy atom. The third kappa shape index (κ3) is 10.5. The first-order valence-electron chi connectivity index (χ1n) is 24.1. The van der Waals surface area contributed by atoms with E-state index in [-0.39, 0.29) is 53.9 Å². The largest absolute Gasteiger partial charge is 2.00 e. The smallest absolute Gasteiger partial charge is 0.502 e. The molecule has 380 valence electrons. The van der Waals surface area contributed by atoms with E-state index in [9.17, 15) is 10.2 Å². The zero-order chi connectivity index (χ0) is 50.7. The Morgan fingerprint density at radius 3 is 1.09 bits per heavy atom. The number of anilines is 6. The van der Waals surface area contributed by atoms with Crippen molar-refractivity contribution in [2.24, 2.45) is 0 Å². The van der Waals surface area contributed by atoms with E-state index in [2.05, 4.69) is 112 Å². The second-order valence-electron chi connectivity index (χ2n) is 17.8. The van der Waals surface area contributed by atoms with Crippen molar-refractivity contribution in [2.75, 3.05) is 33.7 Å². The van der Waals surface area contributed by atoms with Crippen molar-refractivity contribution in [3.63, 3.8) is 0 Å². The number of aryl methyl sites for hydroxylation is 2. The van der Waals surface area contributed by atoms with Crippen LogP contribution in [0.4, 0.5) is 34.4 Å². The third-order valence-electron chi connectivity index (χ3n) is 12.8. The summed E-state index contributed by atoms with van der Waals surface area (Å²) in [4.78, 5) is 25.1. The van der Waals surface area contributed by atoms with Crippen LogP contribution in [-0.4, -0.2) is 53.4 Å². The SMILES string of the molecule is CN1[CH-]N(c2[c-]cccc2)c2ncccc21.CN1[CH-]N(c2[c-]cccc2)c2ncccc21.Cc1cc(-n2c3ccccc3c3ccccc32)cc(O)n1.Cc1cc(-n2c3ccccc3c3ccccc32)cc(O)n1.[Pt+2].[Pt+2]. The second-order valence-corrected chi connectivity index (χ2v) is 17.8. The number of pyridine rings is 4. The van der Waals surface area contributed by atoms with E-state index < -0.39 is 0 Å². The summed E-state index contributed by atoms with van der Waals surface area (Å²) in [6, 6.07) is 70.8. The molecule has 2 aliphatic rings. The molecular weight excluding hydrogens is 1310 g/mol. The molecule has 0 aliphatic carbocycles. The van der Waals surface area contributed by atoms with Gasteiger partial charge in [-0.25, -0.2) is 19.9 Å². The molecule has 2 N–H and O–H groups in total. The average molecular weight is 1360 g/mol. The van der Waals surface area contributed by atoms with Gasteiger partial charge >= 0.3 is 42.1 Å². The van der Waals surface area contributed by atoms with Gasteiger partial charge in [-0.1, -0.05) is 72.8 Å². The molecule has 0 unspecified atom stereocenters. The molecular formula is C62H50N10O2Pt2. The number of nitrogens with zero attached hydrogens (tertiary/aromatic N) is 10. The Bertz CT molecular complexity index is 3540. The fraction of sp³-hybridized carbons (Fsp3) is 0.0645. The number of aromatic hydroxyl groups is 2. The molecule has 76 heavy (non-hydrogen) atoms. The van der Waals surface area contributed by atoms with Gasteiger partial charge in [0.2, 0.25) is 11.8 Å². The van der Waals surface area contributed by atoms with Crippen molar-refractivity contribution in [1.82, 2.24) is 29.1 Å². The Hall–Kier alpha value is -8.30. The molecule has 6 aromatic carbocycles. The van der Waals surface area contributed by atoms with Crippen LogP contribution < -0.4 is 19.6 Å². The Morgan fingerprint density at radius 2 is 0.763 bits per heavy atom. The second kappa shape index (κ2) is 23.1. The molecule has 6 aromatic heterocycles. The van der Waals surface area contributed by atoms with Crippen LogP contribution in [0.25, 0.3) is 55.0 Å². The third-order valence-corrected chi connectivity index (χ3v) is 12.8. The minimum absolute atomic E-state index is 0. The summed E-state index contributed by atoms with van der Waals surface area (Å²) >= 11 is 0. The van der Waals surface area contributed by atoms with Crippen LogP contribution in [0.3, 0.4) is 0 Å². The quantitative estimate of drug-likeness (QED) is 0.165. The molecule has 14 rings (SSSR count). The van der Waals surface area contributed by atoms with Crippen molar-refractivity contribution in [1.29, 1.82) is 0 Å². The van der Waals surface area contributed by atoms with Crippen LogP contribution in [-0.2, 0) is 42.1 Å².